The Morgan fingerprint density at radius 3 is 2.18 bits per heavy atom. The van der Waals surface area contributed by atoms with Crippen LogP contribution in [0.15, 0.2) is 24.3 Å². The Bertz CT molecular complexity index is 728. The van der Waals surface area contributed by atoms with E-state index in [1.54, 1.807) is 0 Å². The Labute approximate surface area is 130 Å². The summed E-state index contributed by atoms with van der Waals surface area (Å²) >= 11 is 1.48. The Hall–Kier alpha value is -2.28. The zero-order chi connectivity index (χ0) is 16.3. The van der Waals surface area contributed by atoms with E-state index in [4.69, 9.17) is 0 Å². The number of benzene rings is 1. The van der Waals surface area contributed by atoms with Crippen molar-refractivity contribution in [3.8, 4) is 0 Å². The van der Waals surface area contributed by atoms with E-state index in [0.29, 0.717) is 0 Å². The smallest absolute Gasteiger partial charge is 0.229 e. The number of carbonyl (C=O) groups is 2. The van der Waals surface area contributed by atoms with Crippen molar-refractivity contribution in [2.45, 2.75) is 20.3 Å². The van der Waals surface area contributed by atoms with Gasteiger partial charge in [0.1, 0.15) is 0 Å². The van der Waals surface area contributed by atoms with Crippen LogP contribution in [0, 0.1) is 18.6 Å². The molecule has 0 saturated carbocycles. The standard InChI is InChI=1S/C15H14F2N2O2S/c1-8-3-4-10(22-8)5-15(21)19-14-7-12(17)11(16)6-13(14)18-9(2)20/h3-4,6-7H,5H2,1-2H3,(H,18,20)(H,19,21). The van der Waals surface area contributed by atoms with Crippen LogP contribution >= 0.6 is 11.3 Å². The summed E-state index contributed by atoms with van der Waals surface area (Å²) in [5.41, 5.74) is 0.0366. The van der Waals surface area contributed by atoms with Crippen molar-refractivity contribution in [2.75, 3.05) is 10.6 Å². The molecular weight excluding hydrogens is 310 g/mol. The summed E-state index contributed by atoms with van der Waals surface area (Å²) in [4.78, 5) is 25.0. The summed E-state index contributed by atoms with van der Waals surface area (Å²) in [6.45, 7) is 3.16. The molecule has 0 aliphatic carbocycles. The second-order valence-electron chi connectivity index (χ2n) is 4.73. The van der Waals surface area contributed by atoms with Gasteiger partial charge in [0.15, 0.2) is 11.6 Å². The topological polar surface area (TPSA) is 58.2 Å². The second-order valence-corrected chi connectivity index (χ2v) is 6.10. The molecule has 116 valence electrons. The SMILES string of the molecule is CC(=O)Nc1cc(F)c(F)cc1NC(=O)Cc1ccc(C)s1. The summed E-state index contributed by atoms with van der Waals surface area (Å²) in [7, 11) is 0. The molecule has 0 aliphatic heterocycles. The number of halogens is 2. The maximum Gasteiger partial charge on any atom is 0.229 e. The maximum absolute atomic E-state index is 13.3. The predicted octanol–water partition coefficient (Wildman–Crippen LogP) is 3.47. The molecule has 1 aromatic carbocycles. The lowest BCUT2D eigenvalue weighted by molar-refractivity contribution is -0.116. The van der Waals surface area contributed by atoms with Gasteiger partial charge in [-0.25, -0.2) is 8.78 Å². The van der Waals surface area contributed by atoms with Crippen LogP contribution < -0.4 is 10.6 Å². The van der Waals surface area contributed by atoms with Gasteiger partial charge >= 0.3 is 0 Å². The van der Waals surface area contributed by atoms with Crippen LogP contribution in [0.2, 0.25) is 0 Å². The van der Waals surface area contributed by atoms with E-state index in [1.807, 2.05) is 19.1 Å². The average Bonchev–Trinajstić information content (AvgIpc) is 2.80. The molecule has 1 aromatic heterocycles. The van der Waals surface area contributed by atoms with Crippen LogP contribution in [0.5, 0.6) is 0 Å². The Kier molecular flexibility index (Phi) is 4.87. The lowest BCUT2D eigenvalue weighted by Gasteiger charge is -2.12. The minimum absolute atomic E-state index is 0.0158. The van der Waals surface area contributed by atoms with Gasteiger partial charge in [0.2, 0.25) is 11.8 Å². The molecule has 0 saturated heterocycles. The minimum atomic E-state index is -1.10. The molecule has 0 fully saturated rings. The zero-order valence-electron chi connectivity index (χ0n) is 12.0. The molecule has 1 heterocycles. The summed E-state index contributed by atoms with van der Waals surface area (Å²) in [6.07, 6.45) is 0.122. The number of anilines is 2. The van der Waals surface area contributed by atoms with Gasteiger partial charge in [-0.15, -0.1) is 11.3 Å². The van der Waals surface area contributed by atoms with Crippen LogP contribution in [0.4, 0.5) is 20.2 Å². The van der Waals surface area contributed by atoms with E-state index < -0.39 is 17.5 Å². The van der Waals surface area contributed by atoms with Gasteiger partial charge < -0.3 is 10.6 Å². The fraction of sp³-hybridized carbons (Fsp3) is 0.200. The molecule has 7 heteroatoms. The molecule has 0 atom stereocenters. The first-order valence-electron chi connectivity index (χ1n) is 6.47. The number of amides is 2. The van der Waals surface area contributed by atoms with Gasteiger partial charge in [-0.2, -0.15) is 0 Å². The zero-order valence-corrected chi connectivity index (χ0v) is 12.8. The quantitative estimate of drug-likeness (QED) is 0.905. The van der Waals surface area contributed by atoms with Crippen LogP contribution in [-0.4, -0.2) is 11.8 Å². The lowest BCUT2D eigenvalue weighted by Crippen LogP contribution is -2.17. The number of nitrogens with one attached hydrogen (secondary N) is 2. The van der Waals surface area contributed by atoms with Gasteiger partial charge in [0.05, 0.1) is 17.8 Å². The van der Waals surface area contributed by atoms with E-state index in [9.17, 15) is 18.4 Å². The van der Waals surface area contributed by atoms with Gasteiger partial charge in [-0.05, 0) is 19.1 Å². The number of thiophene rings is 1. The van der Waals surface area contributed by atoms with Gasteiger partial charge in [0, 0.05) is 28.8 Å². The van der Waals surface area contributed by atoms with Crippen molar-refractivity contribution in [1.82, 2.24) is 0 Å². The van der Waals surface area contributed by atoms with E-state index in [1.165, 1.54) is 18.3 Å². The van der Waals surface area contributed by atoms with Crippen LogP contribution in [0.1, 0.15) is 16.7 Å². The molecule has 0 spiro atoms. The van der Waals surface area contributed by atoms with Crippen molar-refractivity contribution < 1.29 is 18.4 Å². The summed E-state index contributed by atoms with van der Waals surface area (Å²) in [6, 6.07) is 5.41. The number of rotatable bonds is 4. The normalized spacial score (nSPS) is 10.4. The highest BCUT2D eigenvalue weighted by molar-refractivity contribution is 7.12. The second kappa shape index (κ2) is 6.65. The van der Waals surface area contributed by atoms with E-state index in [2.05, 4.69) is 10.6 Å². The highest BCUT2D eigenvalue weighted by atomic mass is 32.1. The third-order valence-corrected chi connectivity index (χ3v) is 3.78. The Morgan fingerprint density at radius 2 is 1.68 bits per heavy atom. The number of aryl methyl sites for hydroxylation is 1. The first-order chi connectivity index (χ1) is 10.3. The molecule has 2 N–H and O–H groups in total. The Balaban J connectivity index is 2.18. The van der Waals surface area contributed by atoms with E-state index in [0.717, 1.165) is 21.9 Å². The maximum atomic E-state index is 13.3. The highest BCUT2D eigenvalue weighted by Crippen LogP contribution is 2.26. The molecule has 2 rings (SSSR count). The fourth-order valence-electron chi connectivity index (χ4n) is 1.88. The van der Waals surface area contributed by atoms with Crippen molar-refractivity contribution in [3.05, 3.63) is 45.7 Å². The molecule has 0 unspecified atom stereocenters. The third kappa shape index (κ3) is 4.11. The molecule has 2 amide bonds. The van der Waals surface area contributed by atoms with Crippen molar-refractivity contribution in [2.24, 2.45) is 0 Å². The summed E-state index contributed by atoms with van der Waals surface area (Å²) in [5, 5.41) is 4.85. The number of hydrogen-bond donors (Lipinski definition) is 2. The summed E-state index contributed by atoms with van der Waals surface area (Å²) in [5.74, 6) is -3.03. The van der Waals surface area contributed by atoms with Crippen molar-refractivity contribution in [1.29, 1.82) is 0 Å². The molecular formula is C15H14F2N2O2S. The van der Waals surface area contributed by atoms with Crippen LogP contribution in [0.25, 0.3) is 0 Å². The molecule has 2 aromatic rings. The number of hydrogen-bond acceptors (Lipinski definition) is 3. The largest absolute Gasteiger partial charge is 0.324 e. The molecule has 0 aliphatic rings. The van der Waals surface area contributed by atoms with Gasteiger partial charge in [-0.3, -0.25) is 9.59 Å². The molecule has 4 nitrogen and oxygen atoms in total. The highest BCUT2D eigenvalue weighted by Gasteiger charge is 2.14. The van der Waals surface area contributed by atoms with Crippen LogP contribution in [0.3, 0.4) is 0 Å². The Morgan fingerprint density at radius 1 is 1.09 bits per heavy atom. The first-order valence-corrected chi connectivity index (χ1v) is 7.28. The monoisotopic (exact) mass is 324 g/mol. The first kappa shape index (κ1) is 16.1. The van der Waals surface area contributed by atoms with E-state index in [-0.39, 0.29) is 23.7 Å². The fourth-order valence-corrected chi connectivity index (χ4v) is 2.77. The van der Waals surface area contributed by atoms with Crippen LogP contribution in [-0.2, 0) is 16.0 Å². The average molecular weight is 324 g/mol. The van der Waals surface area contributed by atoms with Crippen molar-refractivity contribution in [3.63, 3.8) is 0 Å². The minimum Gasteiger partial charge on any atom is -0.324 e. The van der Waals surface area contributed by atoms with E-state index >= 15 is 0 Å². The third-order valence-electron chi connectivity index (χ3n) is 2.78. The lowest BCUT2D eigenvalue weighted by atomic mass is 10.2. The van der Waals surface area contributed by atoms with Gasteiger partial charge in [-0.1, -0.05) is 0 Å². The van der Waals surface area contributed by atoms with Crippen molar-refractivity contribution >= 4 is 34.5 Å². The molecule has 0 bridgehead atoms. The predicted molar refractivity (Wildman–Crippen MR) is 82.1 cm³/mol. The molecule has 22 heavy (non-hydrogen) atoms. The number of carbonyl (C=O) groups excluding carboxylic acids is 2. The molecule has 0 radical (unpaired) electrons. The summed E-state index contributed by atoms with van der Waals surface area (Å²) < 4.78 is 26.6. The van der Waals surface area contributed by atoms with Gasteiger partial charge in [0.25, 0.3) is 0 Å².